The second kappa shape index (κ2) is 4.70. The Labute approximate surface area is 104 Å². The minimum atomic E-state index is 0. The van der Waals surface area contributed by atoms with E-state index in [1.807, 2.05) is 42.2 Å². The molecule has 74 valence electrons. The maximum atomic E-state index is 5.60. The number of halogens is 1. The van der Waals surface area contributed by atoms with Crippen molar-refractivity contribution in [2.45, 2.75) is 0 Å². The van der Waals surface area contributed by atoms with E-state index in [1.165, 1.54) is 11.5 Å². The topological polar surface area (TPSA) is 42.8 Å². The fourth-order valence-corrected chi connectivity index (χ4v) is 1.69. The summed E-state index contributed by atoms with van der Waals surface area (Å²) in [6.45, 7) is 0. The third kappa shape index (κ3) is 2.42. The molecule has 0 saturated carbocycles. The van der Waals surface area contributed by atoms with Crippen LogP contribution in [-0.4, -0.2) is 4.37 Å². The molecule has 0 radical (unpaired) electrons. The third-order valence-electron chi connectivity index (χ3n) is 1.76. The summed E-state index contributed by atoms with van der Waals surface area (Å²) < 4.78 is 6.22. The zero-order valence-corrected chi connectivity index (χ0v) is 10.6. The van der Waals surface area contributed by atoms with E-state index in [-0.39, 0.29) is 24.0 Å². The number of aryl methyl sites for hydroxylation is 1. The fraction of sp³-hybridized carbons (Fsp3) is 0.111. The van der Waals surface area contributed by atoms with Crippen molar-refractivity contribution >= 4 is 16.5 Å². The van der Waals surface area contributed by atoms with Gasteiger partial charge in [0.15, 0.2) is 12.4 Å². The molecule has 5 heteroatoms. The van der Waals surface area contributed by atoms with Crippen LogP contribution in [0.3, 0.4) is 0 Å². The molecule has 2 heterocycles. The van der Waals surface area contributed by atoms with Crippen LogP contribution in [0.5, 0.6) is 0 Å². The van der Waals surface area contributed by atoms with E-state index in [1.54, 1.807) is 0 Å². The number of pyridine rings is 1. The van der Waals surface area contributed by atoms with Gasteiger partial charge in [-0.25, -0.2) is 4.57 Å². The van der Waals surface area contributed by atoms with Crippen LogP contribution in [0.1, 0.15) is 0 Å². The van der Waals surface area contributed by atoms with Gasteiger partial charge >= 0.3 is 0 Å². The van der Waals surface area contributed by atoms with E-state index < -0.39 is 0 Å². The molecule has 0 unspecified atom stereocenters. The molecule has 0 aromatic carbocycles. The average Bonchev–Trinajstić information content (AvgIpc) is 2.52. The number of nitrogens with zero attached hydrogens (tertiary/aromatic N) is 2. The number of hydrogen-bond acceptors (Lipinski definition) is 3. The Balaban J connectivity index is 0.000000980. The number of nitrogen functional groups attached to an aromatic ring is 1. The second-order valence-corrected chi connectivity index (χ2v) is 3.71. The molecule has 2 rings (SSSR count). The van der Waals surface area contributed by atoms with Crippen LogP contribution in [0.2, 0.25) is 0 Å². The van der Waals surface area contributed by atoms with Crippen LogP contribution in [0.25, 0.3) is 11.3 Å². The molecule has 0 atom stereocenters. The highest BCUT2D eigenvalue weighted by Gasteiger charge is 2.04. The molecule has 2 aromatic rings. The van der Waals surface area contributed by atoms with Gasteiger partial charge in [-0.3, -0.25) is 0 Å². The van der Waals surface area contributed by atoms with Gasteiger partial charge in [-0.2, -0.15) is 4.37 Å². The minimum Gasteiger partial charge on any atom is -1.00 e. The summed E-state index contributed by atoms with van der Waals surface area (Å²) in [6, 6.07) is 5.90. The van der Waals surface area contributed by atoms with Gasteiger partial charge in [0.25, 0.3) is 0 Å². The first kappa shape index (κ1) is 11.4. The predicted octanol–water partition coefficient (Wildman–Crippen LogP) is -1.78. The van der Waals surface area contributed by atoms with Crippen molar-refractivity contribution in [1.29, 1.82) is 0 Å². The Bertz CT molecular complexity index is 428. The lowest BCUT2D eigenvalue weighted by Gasteiger charge is -1.92. The molecular weight excluding hydrogens is 309 g/mol. The fourth-order valence-electron chi connectivity index (χ4n) is 1.16. The normalized spacial score (nSPS) is 9.50. The first-order valence-electron chi connectivity index (χ1n) is 3.93. The molecule has 0 amide bonds. The van der Waals surface area contributed by atoms with Crippen molar-refractivity contribution in [2.24, 2.45) is 7.05 Å². The summed E-state index contributed by atoms with van der Waals surface area (Å²) in [5, 5.41) is 0.751. The zero-order chi connectivity index (χ0) is 9.26. The third-order valence-corrected chi connectivity index (χ3v) is 2.38. The summed E-state index contributed by atoms with van der Waals surface area (Å²) in [5.41, 5.74) is 7.64. The summed E-state index contributed by atoms with van der Waals surface area (Å²) in [5.74, 6) is 0. The molecule has 0 aliphatic heterocycles. The van der Waals surface area contributed by atoms with Crippen LogP contribution in [-0.2, 0) is 7.05 Å². The summed E-state index contributed by atoms with van der Waals surface area (Å²) in [6.07, 6.45) is 4.01. The summed E-state index contributed by atoms with van der Waals surface area (Å²) in [4.78, 5) is 0. The summed E-state index contributed by atoms with van der Waals surface area (Å²) >= 11 is 1.32. The Hall–Kier alpha value is -0.690. The van der Waals surface area contributed by atoms with E-state index in [2.05, 4.69) is 4.37 Å². The van der Waals surface area contributed by atoms with E-state index in [0.717, 1.165) is 16.3 Å². The van der Waals surface area contributed by atoms with Gasteiger partial charge in [0.1, 0.15) is 12.0 Å². The predicted molar refractivity (Wildman–Crippen MR) is 53.1 cm³/mol. The van der Waals surface area contributed by atoms with Gasteiger partial charge in [-0.1, -0.05) is 0 Å². The Morgan fingerprint density at radius 1 is 1.50 bits per heavy atom. The maximum Gasteiger partial charge on any atom is 0.178 e. The van der Waals surface area contributed by atoms with Gasteiger partial charge < -0.3 is 29.7 Å². The smallest absolute Gasteiger partial charge is 0.178 e. The lowest BCUT2D eigenvalue weighted by molar-refractivity contribution is -0.671. The Morgan fingerprint density at radius 3 is 2.86 bits per heavy atom. The molecule has 0 saturated heterocycles. The molecule has 0 aliphatic carbocycles. The highest BCUT2D eigenvalue weighted by molar-refractivity contribution is 7.10. The van der Waals surface area contributed by atoms with Crippen LogP contribution < -0.4 is 34.3 Å². The Morgan fingerprint density at radius 2 is 2.29 bits per heavy atom. The maximum absolute atomic E-state index is 5.60. The lowest BCUT2D eigenvalue weighted by Crippen LogP contribution is -3.00. The van der Waals surface area contributed by atoms with Crippen LogP contribution in [0.15, 0.2) is 30.6 Å². The second-order valence-electron chi connectivity index (χ2n) is 2.87. The van der Waals surface area contributed by atoms with Crippen molar-refractivity contribution in [3.8, 4) is 11.3 Å². The number of rotatable bonds is 1. The molecular formula is C9H10IN3S. The zero-order valence-electron chi connectivity index (χ0n) is 7.64. The van der Waals surface area contributed by atoms with Crippen LogP contribution in [0, 0.1) is 0 Å². The molecule has 2 aromatic heterocycles. The highest BCUT2D eigenvalue weighted by Crippen LogP contribution is 2.21. The quantitative estimate of drug-likeness (QED) is 0.499. The summed E-state index contributed by atoms with van der Waals surface area (Å²) in [7, 11) is 1.99. The van der Waals surface area contributed by atoms with Crippen LogP contribution in [0.4, 0.5) is 5.00 Å². The van der Waals surface area contributed by atoms with Gasteiger partial charge in [0.2, 0.25) is 0 Å². The number of hydrogen-bond donors (Lipinski definition) is 1. The molecule has 3 nitrogen and oxygen atoms in total. The van der Waals surface area contributed by atoms with Gasteiger partial charge in [-0.15, -0.1) is 0 Å². The van der Waals surface area contributed by atoms with E-state index in [0.29, 0.717) is 0 Å². The van der Waals surface area contributed by atoms with E-state index >= 15 is 0 Å². The molecule has 14 heavy (non-hydrogen) atoms. The lowest BCUT2D eigenvalue weighted by atomic mass is 10.2. The van der Waals surface area contributed by atoms with Gasteiger partial charge in [0.05, 0.1) is 11.3 Å². The standard InChI is InChI=1S/C9H10N3S.HI/c1-12-4-2-3-7(6-12)8-5-9(10)13-11-8;/h2-6H,10H2,1H3;1H/q+1;/p-1. The SMILES string of the molecule is C[n+]1cccc(-c2cc(N)sn2)c1.[I-]. The largest absolute Gasteiger partial charge is 1.00 e. The number of nitrogens with two attached hydrogens (primary N) is 1. The van der Waals surface area contributed by atoms with Crippen molar-refractivity contribution < 1.29 is 28.5 Å². The number of anilines is 1. The molecule has 2 N–H and O–H groups in total. The van der Waals surface area contributed by atoms with Crippen molar-refractivity contribution in [3.05, 3.63) is 30.6 Å². The first-order chi connectivity index (χ1) is 6.25. The van der Waals surface area contributed by atoms with Gasteiger partial charge in [-0.05, 0) is 17.6 Å². The molecule has 0 spiro atoms. The monoisotopic (exact) mass is 319 g/mol. The minimum absolute atomic E-state index is 0. The van der Waals surface area contributed by atoms with E-state index in [9.17, 15) is 0 Å². The first-order valence-corrected chi connectivity index (χ1v) is 4.71. The average molecular weight is 319 g/mol. The molecule has 0 aliphatic rings. The van der Waals surface area contributed by atoms with Gasteiger partial charge in [0, 0.05) is 12.1 Å². The van der Waals surface area contributed by atoms with Crippen molar-refractivity contribution in [3.63, 3.8) is 0 Å². The Kier molecular flexibility index (Phi) is 3.82. The van der Waals surface area contributed by atoms with E-state index in [4.69, 9.17) is 5.73 Å². The molecule has 0 bridgehead atoms. The van der Waals surface area contributed by atoms with Crippen LogP contribution >= 0.6 is 11.5 Å². The van der Waals surface area contributed by atoms with Crippen molar-refractivity contribution in [2.75, 3.05) is 5.73 Å². The highest BCUT2D eigenvalue weighted by atomic mass is 127. The number of aromatic nitrogens is 2. The molecule has 0 fully saturated rings. The van der Waals surface area contributed by atoms with Crippen molar-refractivity contribution in [1.82, 2.24) is 4.37 Å².